The summed E-state index contributed by atoms with van der Waals surface area (Å²) in [6.45, 7) is 1.71. The van der Waals surface area contributed by atoms with Crippen LogP contribution < -0.4 is 10.0 Å². The summed E-state index contributed by atoms with van der Waals surface area (Å²) in [7, 11) is -3.68. The molecule has 0 amide bonds. The molecule has 3 atom stereocenters. The van der Waals surface area contributed by atoms with Gasteiger partial charge in [0, 0.05) is 18.0 Å². The highest BCUT2D eigenvalue weighted by Crippen LogP contribution is 2.43. The Morgan fingerprint density at radius 2 is 1.86 bits per heavy atom. The Labute approximate surface area is 140 Å². The first-order valence-corrected chi connectivity index (χ1v) is 8.92. The number of benzene rings is 1. The van der Waals surface area contributed by atoms with Gasteiger partial charge in [0.05, 0.1) is 5.02 Å². The topological polar surface area (TPSA) is 75.3 Å². The number of hydrogen-bond acceptors (Lipinski definition) is 4. The lowest BCUT2D eigenvalue weighted by Gasteiger charge is -2.11. The number of carbonyl (C=O) groups excluding carboxylic acids is 1. The summed E-state index contributed by atoms with van der Waals surface area (Å²) in [5, 5.41) is 3.42. The van der Waals surface area contributed by atoms with Gasteiger partial charge < -0.3 is 5.32 Å². The van der Waals surface area contributed by atoms with Crippen LogP contribution in [0.5, 0.6) is 0 Å². The van der Waals surface area contributed by atoms with E-state index >= 15 is 0 Å². The first kappa shape index (κ1) is 16.2. The van der Waals surface area contributed by atoms with Crippen molar-refractivity contribution in [1.29, 1.82) is 0 Å². The molecule has 1 aromatic rings. The SMILES string of the molecule is Cl.O=C1CCc2cc(Cl)c(S(=O)(=O)NC3[C@H]4CNC[C@@H]34)cc21. The van der Waals surface area contributed by atoms with Gasteiger partial charge in [0.15, 0.2) is 5.78 Å². The summed E-state index contributed by atoms with van der Waals surface area (Å²) in [5.74, 6) is 0.759. The minimum Gasteiger partial charge on any atom is -0.316 e. The van der Waals surface area contributed by atoms with E-state index in [1.807, 2.05) is 0 Å². The monoisotopic (exact) mass is 362 g/mol. The molecule has 1 aromatic carbocycles. The highest BCUT2D eigenvalue weighted by atomic mass is 35.5. The van der Waals surface area contributed by atoms with Crippen molar-refractivity contribution in [2.75, 3.05) is 13.1 Å². The lowest BCUT2D eigenvalue weighted by molar-refractivity contribution is 0.0994. The van der Waals surface area contributed by atoms with Gasteiger partial charge in [-0.25, -0.2) is 13.1 Å². The van der Waals surface area contributed by atoms with Gasteiger partial charge >= 0.3 is 0 Å². The fourth-order valence-corrected chi connectivity index (χ4v) is 5.40. The lowest BCUT2D eigenvalue weighted by atomic mass is 10.1. The molecule has 2 aliphatic carbocycles. The maximum absolute atomic E-state index is 12.5. The van der Waals surface area contributed by atoms with Gasteiger partial charge in [-0.05, 0) is 49.0 Å². The third-order valence-corrected chi connectivity index (χ3v) is 6.68. The van der Waals surface area contributed by atoms with E-state index in [4.69, 9.17) is 11.6 Å². The van der Waals surface area contributed by atoms with Crippen LogP contribution in [-0.4, -0.2) is 33.3 Å². The number of hydrogen-bond donors (Lipinski definition) is 2. The molecule has 0 bridgehead atoms. The Hall–Kier alpha value is -0.660. The number of aryl methyl sites for hydroxylation is 1. The first-order chi connectivity index (χ1) is 9.97. The highest BCUT2D eigenvalue weighted by Gasteiger charge is 2.54. The summed E-state index contributed by atoms with van der Waals surface area (Å²) in [6, 6.07) is 3.05. The van der Waals surface area contributed by atoms with Gasteiger partial charge in [0.2, 0.25) is 10.0 Å². The van der Waals surface area contributed by atoms with E-state index < -0.39 is 10.0 Å². The largest absolute Gasteiger partial charge is 0.316 e. The standard InChI is InChI=1S/C14H15ClN2O3S.ClH/c15-11-3-7-1-2-12(18)8(7)4-13(11)21(19,20)17-14-9-5-16-6-10(9)14;/h3-4,9-10,14,16-17H,1-2,5-6H2;1H/t9-,10+,14?;. The molecule has 8 heteroatoms. The van der Waals surface area contributed by atoms with Crippen molar-refractivity contribution in [3.63, 3.8) is 0 Å². The summed E-state index contributed by atoms with van der Waals surface area (Å²) < 4.78 is 27.8. The zero-order valence-corrected chi connectivity index (χ0v) is 14.0. The summed E-state index contributed by atoms with van der Waals surface area (Å²) >= 11 is 6.12. The van der Waals surface area contributed by atoms with Crippen molar-refractivity contribution in [3.05, 3.63) is 28.3 Å². The molecule has 22 heavy (non-hydrogen) atoms. The molecule has 1 saturated carbocycles. The molecule has 2 fully saturated rings. The molecule has 0 aromatic heterocycles. The molecule has 0 spiro atoms. The number of carbonyl (C=O) groups is 1. The van der Waals surface area contributed by atoms with Gasteiger partial charge in [-0.15, -0.1) is 12.4 Å². The second kappa shape index (κ2) is 5.46. The Kier molecular flexibility index (Phi) is 4.02. The Bertz CT molecular complexity index is 741. The maximum atomic E-state index is 12.5. The predicted molar refractivity (Wildman–Crippen MR) is 85.3 cm³/mol. The average molecular weight is 363 g/mol. The van der Waals surface area contributed by atoms with Gasteiger partial charge in [-0.2, -0.15) is 0 Å². The number of rotatable bonds is 3. The van der Waals surface area contributed by atoms with Crippen molar-refractivity contribution >= 4 is 39.8 Å². The van der Waals surface area contributed by atoms with E-state index in [0.717, 1.165) is 18.7 Å². The summed E-state index contributed by atoms with van der Waals surface area (Å²) in [5.41, 5.74) is 1.34. The van der Waals surface area contributed by atoms with Crippen LogP contribution in [0.1, 0.15) is 22.3 Å². The second-order valence-electron chi connectivity index (χ2n) is 6.00. The normalized spacial score (nSPS) is 29.0. The molecule has 3 aliphatic rings. The number of piperidine rings is 1. The zero-order valence-electron chi connectivity index (χ0n) is 11.6. The predicted octanol–water partition coefficient (Wildman–Crippen LogP) is 1.39. The molecule has 1 unspecified atom stereocenters. The van der Waals surface area contributed by atoms with E-state index in [-0.39, 0.29) is 34.2 Å². The molecule has 5 nitrogen and oxygen atoms in total. The van der Waals surface area contributed by atoms with Crippen LogP contribution in [-0.2, 0) is 16.4 Å². The minimum atomic E-state index is -3.68. The van der Waals surface area contributed by atoms with Crippen molar-refractivity contribution in [1.82, 2.24) is 10.0 Å². The number of halogens is 2. The van der Waals surface area contributed by atoms with Crippen LogP contribution >= 0.6 is 24.0 Å². The van der Waals surface area contributed by atoms with E-state index in [0.29, 0.717) is 30.2 Å². The molecular weight excluding hydrogens is 347 g/mol. The van der Waals surface area contributed by atoms with Crippen LogP contribution in [0.15, 0.2) is 17.0 Å². The van der Waals surface area contributed by atoms with Crippen molar-refractivity contribution in [3.8, 4) is 0 Å². The molecule has 1 aliphatic heterocycles. The third-order valence-electron chi connectivity index (χ3n) is 4.75. The van der Waals surface area contributed by atoms with Crippen LogP contribution in [0.25, 0.3) is 0 Å². The highest BCUT2D eigenvalue weighted by molar-refractivity contribution is 7.89. The van der Waals surface area contributed by atoms with Gasteiger partial charge in [-0.1, -0.05) is 11.6 Å². The second-order valence-corrected chi connectivity index (χ2v) is 8.09. The van der Waals surface area contributed by atoms with E-state index in [9.17, 15) is 13.2 Å². The Morgan fingerprint density at radius 1 is 1.18 bits per heavy atom. The van der Waals surface area contributed by atoms with Crippen LogP contribution in [0, 0.1) is 11.8 Å². The number of fused-ring (bicyclic) bond motifs is 2. The Morgan fingerprint density at radius 3 is 2.55 bits per heavy atom. The Balaban J connectivity index is 0.00000144. The maximum Gasteiger partial charge on any atom is 0.242 e. The van der Waals surface area contributed by atoms with Crippen LogP contribution in [0.4, 0.5) is 0 Å². The summed E-state index contributed by atoms with van der Waals surface area (Å²) in [6.07, 6.45) is 1.07. The minimum absolute atomic E-state index is 0. The molecule has 4 rings (SSSR count). The quantitative estimate of drug-likeness (QED) is 0.851. The zero-order chi connectivity index (χ0) is 14.8. The third kappa shape index (κ3) is 2.47. The van der Waals surface area contributed by atoms with Crippen molar-refractivity contribution in [2.45, 2.75) is 23.8 Å². The average Bonchev–Trinajstić information content (AvgIpc) is 2.82. The molecule has 2 N–H and O–H groups in total. The number of nitrogens with one attached hydrogen (secondary N) is 2. The fraction of sp³-hybridized carbons (Fsp3) is 0.500. The first-order valence-electron chi connectivity index (χ1n) is 7.06. The van der Waals surface area contributed by atoms with E-state index in [1.54, 1.807) is 6.07 Å². The molecular formula is C14H16Cl2N2O3S. The van der Waals surface area contributed by atoms with Crippen molar-refractivity contribution < 1.29 is 13.2 Å². The van der Waals surface area contributed by atoms with Gasteiger partial charge in [-0.3, -0.25) is 4.79 Å². The number of Topliss-reactive ketones (excluding diaryl/α,β-unsaturated/α-hetero) is 1. The van der Waals surface area contributed by atoms with E-state index in [2.05, 4.69) is 10.0 Å². The van der Waals surface area contributed by atoms with Crippen LogP contribution in [0.2, 0.25) is 5.02 Å². The fourth-order valence-electron chi connectivity index (χ4n) is 3.49. The summed E-state index contributed by atoms with van der Waals surface area (Å²) in [4.78, 5) is 11.8. The van der Waals surface area contributed by atoms with Crippen LogP contribution in [0.3, 0.4) is 0 Å². The van der Waals surface area contributed by atoms with Gasteiger partial charge in [0.25, 0.3) is 0 Å². The number of ketones is 1. The molecule has 0 radical (unpaired) electrons. The molecule has 120 valence electrons. The van der Waals surface area contributed by atoms with Gasteiger partial charge in [0.1, 0.15) is 4.90 Å². The smallest absolute Gasteiger partial charge is 0.242 e. The van der Waals surface area contributed by atoms with E-state index in [1.165, 1.54) is 6.07 Å². The lowest BCUT2D eigenvalue weighted by Crippen LogP contribution is -2.32. The number of sulfonamides is 1. The molecule has 1 saturated heterocycles. The molecule has 1 heterocycles. The van der Waals surface area contributed by atoms with Crippen molar-refractivity contribution in [2.24, 2.45) is 11.8 Å².